The summed E-state index contributed by atoms with van der Waals surface area (Å²) in [7, 11) is 0. The standard InChI is InChI=1S/C22H31ClN6O4/c1-16-6-8-28(9-7-16)22(31)5-3-20-24-19(26-33-20)15-27-10-12-29(13-11-27)21(30)4-2-17-14-18(23)25-32-17/h14,16H,2-13,15H2,1H3. The van der Waals surface area contributed by atoms with Crippen molar-refractivity contribution < 1.29 is 18.6 Å². The second-order valence-electron chi connectivity index (χ2n) is 8.94. The molecule has 2 amide bonds. The topological polar surface area (TPSA) is 109 Å². The molecular formula is C22H31ClN6O4. The molecule has 2 fully saturated rings. The Kier molecular flexibility index (Phi) is 7.97. The monoisotopic (exact) mass is 478 g/mol. The van der Waals surface area contributed by atoms with Crippen molar-refractivity contribution >= 4 is 23.4 Å². The molecule has 0 unspecified atom stereocenters. The van der Waals surface area contributed by atoms with Gasteiger partial charge in [-0.05, 0) is 18.8 Å². The largest absolute Gasteiger partial charge is 0.360 e. The Balaban J connectivity index is 1.15. The van der Waals surface area contributed by atoms with Gasteiger partial charge in [-0.3, -0.25) is 14.5 Å². The Hall–Kier alpha value is -2.46. The highest BCUT2D eigenvalue weighted by Gasteiger charge is 2.23. The lowest BCUT2D eigenvalue weighted by Gasteiger charge is -2.34. The van der Waals surface area contributed by atoms with Gasteiger partial charge in [-0.1, -0.05) is 28.8 Å². The molecule has 4 rings (SSSR count). The molecule has 2 aliphatic rings. The molecule has 0 aromatic carbocycles. The van der Waals surface area contributed by atoms with Crippen LogP contribution >= 0.6 is 11.6 Å². The highest BCUT2D eigenvalue weighted by atomic mass is 35.5. The zero-order valence-electron chi connectivity index (χ0n) is 19.0. The Labute approximate surface area is 198 Å². The summed E-state index contributed by atoms with van der Waals surface area (Å²) < 4.78 is 10.4. The van der Waals surface area contributed by atoms with Crippen LogP contribution in [-0.2, 0) is 29.0 Å². The number of rotatable bonds is 8. The first-order valence-corrected chi connectivity index (χ1v) is 12.0. The quantitative estimate of drug-likeness (QED) is 0.568. The molecule has 4 heterocycles. The van der Waals surface area contributed by atoms with Crippen LogP contribution in [0.3, 0.4) is 0 Å². The van der Waals surface area contributed by atoms with Crippen LogP contribution in [0.15, 0.2) is 15.1 Å². The van der Waals surface area contributed by atoms with E-state index in [0.717, 1.165) is 39.0 Å². The molecular weight excluding hydrogens is 448 g/mol. The fourth-order valence-corrected chi connectivity index (χ4v) is 4.39. The normalized spacial score (nSPS) is 18.1. The van der Waals surface area contributed by atoms with E-state index in [-0.39, 0.29) is 11.8 Å². The number of piperazine rings is 1. The Morgan fingerprint density at radius 2 is 1.64 bits per heavy atom. The van der Waals surface area contributed by atoms with E-state index in [4.69, 9.17) is 20.6 Å². The highest BCUT2D eigenvalue weighted by Crippen LogP contribution is 2.17. The summed E-state index contributed by atoms with van der Waals surface area (Å²) in [6, 6.07) is 1.63. The van der Waals surface area contributed by atoms with Crippen molar-refractivity contribution in [3.63, 3.8) is 0 Å². The average Bonchev–Trinajstić information content (AvgIpc) is 3.45. The van der Waals surface area contributed by atoms with Gasteiger partial charge in [-0.25, -0.2) is 0 Å². The highest BCUT2D eigenvalue weighted by molar-refractivity contribution is 6.29. The van der Waals surface area contributed by atoms with Crippen molar-refractivity contribution in [2.24, 2.45) is 5.92 Å². The predicted octanol–water partition coefficient (Wildman–Crippen LogP) is 2.18. The molecule has 0 atom stereocenters. The van der Waals surface area contributed by atoms with Gasteiger partial charge in [0, 0.05) is 71.0 Å². The maximum atomic E-state index is 12.4. The first-order chi connectivity index (χ1) is 16.0. The number of amides is 2. The fourth-order valence-electron chi connectivity index (χ4n) is 4.24. The zero-order chi connectivity index (χ0) is 23.2. The summed E-state index contributed by atoms with van der Waals surface area (Å²) in [4.78, 5) is 35.3. The van der Waals surface area contributed by atoms with Gasteiger partial charge in [0.15, 0.2) is 11.0 Å². The lowest BCUT2D eigenvalue weighted by atomic mass is 9.99. The molecule has 0 spiro atoms. The third-order valence-electron chi connectivity index (χ3n) is 6.40. The number of carbonyl (C=O) groups is 2. The molecule has 180 valence electrons. The maximum Gasteiger partial charge on any atom is 0.227 e. The minimum absolute atomic E-state index is 0.0943. The number of nitrogens with zero attached hydrogens (tertiary/aromatic N) is 6. The van der Waals surface area contributed by atoms with E-state index in [0.29, 0.717) is 73.9 Å². The number of likely N-dealkylation sites (tertiary alicyclic amines) is 1. The molecule has 2 aromatic heterocycles. The van der Waals surface area contributed by atoms with E-state index in [2.05, 4.69) is 27.1 Å². The number of piperidine rings is 1. The zero-order valence-corrected chi connectivity index (χ0v) is 19.8. The molecule has 10 nitrogen and oxygen atoms in total. The van der Waals surface area contributed by atoms with Gasteiger partial charge in [-0.15, -0.1) is 0 Å². The smallest absolute Gasteiger partial charge is 0.227 e. The summed E-state index contributed by atoms with van der Waals surface area (Å²) in [6.07, 6.45) is 3.88. The molecule has 2 aliphatic heterocycles. The lowest BCUT2D eigenvalue weighted by Crippen LogP contribution is -2.48. The number of hydrogen-bond donors (Lipinski definition) is 0. The van der Waals surface area contributed by atoms with Crippen LogP contribution < -0.4 is 0 Å². The van der Waals surface area contributed by atoms with Crippen molar-refractivity contribution in [2.45, 2.75) is 52.0 Å². The van der Waals surface area contributed by atoms with E-state index in [1.165, 1.54) is 0 Å². The van der Waals surface area contributed by atoms with Crippen molar-refractivity contribution in [3.05, 3.63) is 28.7 Å². The Morgan fingerprint density at radius 1 is 0.970 bits per heavy atom. The summed E-state index contributed by atoms with van der Waals surface area (Å²) in [6.45, 7) is 7.30. The Morgan fingerprint density at radius 3 is 2.30 bits per heavy atom. The van der Waals surface area contributed by atoms with E-state index in [1.807, 2.05) is 9.80 Å². The predicted molar refractivity (Wildman–Crippen MR) is 119 cm³/mol. The molecule has 11 heteroatoms. The summed E-state index contributed by atoms with van der Waals surface area (Å²) in [5, 5.41) is 8.00. The van der Waals surface area contributed by atoms with Crippen LogP contribution in [0, 0.1) is 5.92 Å². The van der Waals surface area contributed by atoms with E-state index in [1.54, 1.807) is 6.07 Å². The van der Waals surface area contributed by atoms with Gasteiger partial charge in [0.1, 0.15) is 5.76 Å². The first-order valence-electron chi connectivity index (χ1n) is 11.7. The number of halogens is 1. The molecule has 2 saturated heterocycles. The van der Waals surface area contributed by atoms with E-state index in [9.17, 15) is 9.59 Å². The van der Waals surface area contributed by atoms with Gasteiger partial charge in [0.2, 0.25) is 17.7 Å². The van der Waals surface area contributed by atoms with Crippen LogP contribution in [0.25, 0.3) is 0 Å². The molecule has 0 aliphatic carbocycles. The average molecular weight is 479 g/mol. The molecule has 0 saturated carbocycles. The molecule has 0 bridgehead atoms. The number of aromatic nitrogens is 3. The van der Waals surface area contributed by atoms with Crippen molar-refractivity contribution in [1.29, 1.82) is 0 Å². The summed E-state index contributed by atoms with van der Waals surface area (Å²) in [5.74, 6) is 2.69. The van der Waals surface area contributed by atoms with Crippen LogP contribution in [0.4, 0.5) is 0 Å². The minimum atomic E-state index is 0.0943. The number of hydrogen-bond acceptors (Lipinski definition) is 8. The Bertz CT molecular complexity index is 931. The SMILES string of the molecule is CC1CCN(C(=O)CCc2nc(CN3CCN(C(=O)CCc4cc(Cl)no4)CC3)no2)CC1. The number of aryl methyl sites for hydroxylation is 2. The molecule has 2 aromatic rings. The van der Waals surface area contributed by atoms with Gasteiger partial charge in [0.25, 0.3) is 0 Å². The van der Waals surface area contributed by atoms with Crippen LogP contribution in [-0.4, -0.2) is 81.1 Å². The van der Waals surface area contributed by atoms with Gasteiger partial charge in [-0.2, -0.15) is 4.98 Å². The van der Waals surface area contributed by atoms with Crippen LogP contribution in [0.2, 0.25) is 5.15 Å². The maximum absolute atomic E-state index is 12.4. The van der Waals surface area contributed by atoms with E-state index < -0.39 is 0 Å². The van der Waals surface area contributed by atoms with Crippen molar-refractivity contribution in [1.82, 2.24) is 30.0 Å². The number of carbonyl (C=O) groups excluding carboxylic acids is 2. The second-order valence-corrected chi connectivity index (χ2v) is 9.33. The van der Waals surface area contributed by atoms with Gasteiger partial charge in [0.05, 0.1) is 6.54 Å². The summed E-state index contributed by atoms with van der Waals surface area (Å²) in [5.41, 5.74) is 0. The molecule has 0 radical (unpaired) electrons. The minimum Gasteiger partial charge on any atom is -0.360 e. The molecule has 0 N–H and O–H groups in total. The molecule has 33 heavy (non-hydrogen) atoms. The first kappa shape index (κ1) is 23.7. The van der Waals surface area contributed by atoms with Crippen molar-refractivity contribution in [2.75, 3.05) is 39.3 Å². The van der Waals surface area contributed by atoms with Crippen LogP contribution in [0.1, 0.15) is 50.1 Å². The van der Waals surface area contributed by atoms with Gasteiger partial charge < -0.3 is 18.8 Å². The second kappa shape index (κ2) is 11.1. The third kappa shape index (κ3) is 6.77. The summed E-state index contributed by atoms with van der Waals surface area (Å²) >= 11 is 5.74. The fraction of sp³-hybridized carbons (Fsp3) is 0.682. The van der Waals surface area contributed by atoms with Crippen LogP contribution in [0.5, 0.6) is 0 Å². The van der Waals surface area contributed by atoms with E-state index >= 15 is 0 Å². The van der Waals surface area contributed by atoms with Crippen molar-refractivity contribution in [3.8, 4) is 0 Å². The third-order valence-corrected chi connectivity index (χ3v) is 6.58. The van der Waals surface area contributed by atoms with Gasteiger partial charge >= 0.3 is 0 Å². The lowest BCUT2D eigenvalue weighted by molar-refractivity contribution is -0.133.